The zero-order valence-electron chi connectivity index (χ0n) is 15.7. The van der Waals surface area contributed by atoms with Crippen LogP contribution in [0.2, 0.25) is 0 Å². The molecule has 1 aromatic carbocycles. The topological polar surface area (TPSA) is 121 Å². The highest BCUT2D eigenvalue weighted by atomic mass is 16.6. The number of amides is 4. The molecule has 1 aliphatic carbocycles. The third kappa shape index (κ3) is 3.57. The molecule has 152 valence electrons. The first-order valence-corrected chi connectivity index (χ1v) is 9.58. The van der Waals surface area contributed by atoms with E-state index in [1.54, 1.807) is 9.80 Å². The Balaban J connectivity index is 1.41. The second kappa shape index (κ2) is 7.26. The fourth-order valence-electron chi connectivity index (χ4n) is 3.75. The van der Waals surface area contributed by atoms with Crippen molar-refractivity contribution in [2.45, 2.75) is 19.3 Å². The molecule has 29 heavy (non-hydrogen) atoms. The first-order chi connectivity index (χ1) is 13.9. The number of non-ortho nitro benzene ring substituents is 1. The normalized spacial score (nSPS) is 19.2. The molecule has 2 heterocycles. The molecule has 0 N–H and O–H groups in total. The van der Waals surface area contributed by atoms with E-state index in [1.165, 1.54) is 6.07 Å². The highest BCUT2D eigenvalue weighted by Gasteiger charge is 2.39. The summed E-state index contributed by atoms with van der Waals surface area (Å²) in [6.45, 7) is 1.41. The average molecular weight is 400 g/mol. The molecule has 10 nitrogen and oxygen atoms in total. The van der Waals surface area contributed by atoms with Crippen molar-refractivity contribution in [2.75, 3.05) is 32.7 Å². The molecule has 3 aliphatic rings. The minimum absolute atomic E-state index is 0.0606. The van der Waals surface area contributed by atoms with Crippen LogP contribution in [0.4, 0.5) is 5.69 Å². The summed E-state index contributed by atoms with van der Waals surface area (Å²) in [4.78, 5) is 64.5. The number of nitro groups is 1. The Kier molecular flexibility index (Phi) is 4.77. The fraction of sp³-hybridized carbons (Fsp3) is 0.474. The summed E-state index contributed by atoms with van der Waals surface area (Å²) < 4.78 is 0. The number of carbonyl (C=O) groups is 4. The predicted molar refractivity (Wildman–Crippen MR) is 99.0 cm³/mol. The zero-order chi connectivity index (χ0) is 20.7. The molecule has 2 fully saturated rings. The maximum absolute atomic E-state index is 12.7. The number of hydrogen-bond acceptors (Lipinski definition) is 6. The van der Waals surface area contributed by atoms with Crippen molar-refractivity contribution < 1.29 is 24.1 Å². The lowest BCUT2D eigenvalue weighted by atomic mass is 10.1. The molecule has 0 unspecified atom stereocenters. The van der Waals surface area contributed by atoms with Crippen LogP contribution in [0.25, 0.3) is 0 Å². The molecule has 0 atom stereocenters. The van der Waals surface area contributed by atoms with Crippen LogP contribution in [0.1, 0.15) is 40.0 Å². The van der Waals surface area contributed by atoms with Crippen LogP contribution >= 0.6 is 0 Å². The Morgan fingerprint density at radius 1 is 1.00 bits per heavy atom. The molecule has 0 radical (unpaired) electrons. The summed E-state index contributed by atoms with van der Waals surface area (Å²) in [5.74, 6) is -1.45. The molecule has 2 aliphatic heterocycles. The highest BCUT2D eigenvalue weighted by Crippen LogP contribution is 2.31. The van der Waals surface area contributed by atoms with Gasteiger partial charge in [0.25, 0.3) is 17.5 Å². The van der Waals surface area contributed by atoms with Crippen LogP contribution < -0.4 is 0 Å². The van der Waals surface area contributed by atoms with Gasteiger partial charge >= 0.3 is 0 Å². The van der Waals surface area contributed by atoms with Gasteiger partial charge in [0.05, 0.1) is 16.1 Å². The Morgan fingerprint density at radius 2 is 1.66 bits per heavy atom. The smallest absolute Gasteiger partial charge is 0.270 e. The molecular weight excluding hydrogens is 380 g/mol. The number of carbonyl (C=O) groups excluding carboxylic acids is 4. The predicted octanol–water partition coefficient (Wildman–Crippen LogP) is 0.662. The summed E-state index contributed by atoms with van der Waals surface area (Å²) in [5, 5.41) is 10.9. The van der Waals surface area contributed by atoms with E-state index in [0.29, 0.717) is 32.6 Å². The number of hydrogen-bond donors (Lipinski definition) is 0. The minimum Gasteiger partial charge on any atom is -0.341 e. The van der Waals surface area contributed by atoms with E-state index in [2.05, 4.69) is 0 Å². The van der Waals surface area contributed by atoms with Crippen molar-refractivity contribution >= 4 is 29.3 Å². The molecule has 4 amide bonds. The average Bonchev–Trinajstić information content (AvgIpc) is 3.54. The van der Waals surface area contributed by atoms with Crippen molar-refractivity contribution in [3.8, 4) is 0 Å². The van der Waals surface area contributed by atoms with Crippen molar-refractivity contribution in [3.63, 3.8) is 0 Å². The van der Waals surface area contributed by atoms with Gasteiger partial charge in [-0.15, -0.1) is 0 Å². The van der Waals surface area contributed by atoms with Gasteiger partial charge in [0.1, 0.15) is 6.54 Å². The number of nitrogens with zero attached hydrogens (tertiary/aromatic N) is 4. The number of imide groups is 1. The monoisotopic (exact) mass is 400 g/mol. The second-order valence-corrected chi connectivity index (χ2v) is 7.52. The summed E-state index contributed by atoms with van der Waals surface area (Å²) in [6.07, 6.45) is 2.49. The van der Waals surface area contributed by atoms with Crippen LogP contribution in [-0.4, -0.2) is 76.0 Å². The lowest BCUT2D eigenvalue weighted by Gasteiger charge is -2.24. The fourth-order valence-corrected chi connectivity index (χ4v) is 3.75. The Hall–Kier alpha value is -3.30. The first-order valence-electron chi connectivity index (χ1n) is 9.58. The zero-order valence-corrected chi connectivity index (χ0v) is 15.7. The second-order valence-electron chi connectivity index (χ2n) is 7.52. The summed E-state index contributed by atoms with van der Waals surface area (Å²) >= 11 is 0. The van der Waals surface area contributed by atoms with Crippen molar-refractivity contribution in [3.05, 3.63) is 39.4 Å². The van der Waals surface area contributed by atoms with Gasteiger partial charge in [0.2, 0.25) is 11.8 Å². The van der Waals surface area contributed by atoms with E-state index < -0.39 is 23.3 Å². The largest absolute Gasteiger partial charge is 0.341 e. The number of nitro benzene ring substituents is 1. The Labute approximate surface area is 166 Å². The third-order valence-electron chi connectivity index (χ3n) is 5.55. The quantitative estimate of drug-likeness (QED) is 0.416. The molecule has 0 bridgehead atoms. The van der Waals surface area contributed by atoms with Gasteiger partial charge in [-0.25, -0.2) is 0 Å². The van der Waals surface area contributed by atoms with Gasteiger partial charge in [-0.05, 0) is 25.3 Å². The van der Waals surface area contributed by atoms with Crippen LogP contribution in [0.5, 0.6) is 0 Å². The number of benzene rings is 1. The Morgan fingerprint density at radius 3 is 2.34 bits per heavy atom. The molecule has 10 heteroatoms. The maximum atomic E-state index is 12.7. The number of fused-ring (bicyclic) bond motifs is 1. The highest BCUT2D eigenvalue weighted by molar-refractivity contribution is 6.22. The molecule has 1 saturated heterocycles. The molecule has 0 aromatic heterocycles. The molecule has 1 saturated carbocycles. The van der Waals surface area contributed by atoms with Gasteiger partial charge in [0, 0.05) is 44.2 Å². The van der Waals surface area contributed by atoms with E-state index in [9.17, 15) is 29.3 Å². The molecular formula is C19H20N4O6. The van der Waals surface area contributed by atoms with Crippen molar-refractivity contribution in [1.29, 1.82) is 0 Å². The SMILES string of the molecule is O=C(CN1C(=O)c2ccc([N+](=O)[O-])cc2C1=O)N1CCCN(C(=O)C2CC2)CC1. The first kappa shape index (κ1) is 19.0. The van der Waals surface area contributed by atoms with Crippen molar-refractivity contribution in [2.24, 2.45) is 5.92 Å². The van der Waals surface area contributed by atoms with Crippen LogP contribution in [0.3, 0.4) is 0 Å². The van der Waals surface area contributed by atoms with Gasteiger partial charge in [-0.3, -0.25) is 34.2 Å². The summed E-state index contributed by atoms with van der Waals surface area (Å²) in [7, 11) is 0. The van der Waals surface area contributed by atoms with E-state index in [4.69, 9.17) is 0 Å². The van der Waals surface area contributed by atoms with Crippen LogP contribution in [0, 0.1) is 16.0 Å². The Bertz CT molecular complexity index is 925. The standard InChI is InChI=1S/C19H20N4O6/c24-16(20-6-1-7-21(9-8-20)17(25)12-2-3-12)11-22-18(26)14-5-4-13(23(28)29)10-15(14)19(22)27/h4-5,10,12H,1-3,6-9,11H2. The third-order valence-corrected chi connectivity index (χ3v) is 5.55. The van der Waals surface area contributed by atoms with Gasteiger partial charge in [0.15, 0.2) is 0 Å². The van der Waals surface area contributed by atoms with Crippen molar-refractivity contribution in [1.82, 2.24) is 14.7 Å². The van der Waals surface area contributed by atoms with Gasteiger partial charge in [-0.1, -0.05) is 0 Å². The van der Waals surface area contributed by atoms with Crippen LogP contribution in [0.15, 0.2) is 18.2 Å². The minimum atomic E-state index is -0.706. The van der Waals surface area contributed by atoms with Crippen LogP contribution in [-0.2, 0) is 9.59 Å². The molecule has 0 spiro atoms. The molecule has 1 aromatic rings. The summed E-state index contributed by atoms with van der Waals surface area (Å²) in [5.41, 5.74) is -0.287. The lowest BCUT2D eigenvalue weighted by molar-refractivity contribution is -0.384. The van der Waals surface area contributed by atoms with E-state index in [-0.39, 0.29) is 34.5 Å². The summed E-state index contributed by atoms with van der Waals surface area (Å²) in [6, 6.07) is 3.47. The maximum Gasteiger partial charge on any atom is 0.270 e. The van der Waals surface area contributed by atoms with E-state index in [0.717, 1.165) is 29.9 Å². The molecule has 4 rings (SSSR count). The van der Waals surface area contributed by atoms with E-state index in [1.807, 2.05) is 0 Å². The van der Waals surface area contributed by atoms with E-state index >= 15 is 0 Å². The number of rotatable bonds is 4. The lowest BCUT2D eigenvalue weighted by Crippen LogP contribution is -2.44. The van der Waals surface area contributed by atoms with Gasteiger partial charge in [-0.2, -0.15) is 0 Å². The van der Waals surface area contributed by atoms with Gasteiger partial charge < -0.3 is 9.80 Å².